The lowest BCUT2D eigenvalue weighted by Gasteiger charge is -2.20. The van der Waals surface area contributed by atoms with E-state index in [1.807, 2.05) is 6.92 Å². The summed E-state index contributed by atoms with van der Waals surface area (Å²) in [6, 6.07) is 6.61. The highest BCUT2D eigenvalue weighted by Crippen LogP contribution is 2.18. The van der Waals surface area contributed by atoms with Gasteiger partial charge in [0.05, 0.1) is 10.3 Å². The van der Waals surface area contributed by atoms with Crippen molar-refractivity contribution in [1.29, 1.82) is 0 Å². The van der Waals surface area contributed by atoms with Crippen LogP contribution in [0.5, 0.6) is 0 Å². The third-order valence-electron chi connectivity index (χ3n) is 3.73. The summed E-state index contributed by atoms with van der Waals surface area (Å²) in [5.41, 5.74) is 2.86. The van der Waals surface area contributed by atoms with Gasteiger partial charge in [0.1, 0.15) is 0 Å². The summed E-state index contributed by atoms with van der Waals surface area (Å²) in [5, 5.41) is 0. The van der Waals surface area contributed by atoms with Crippen molar-refractivity contribution in [3.8, 4) is 12.3 Å². The van der Waals surface area contributed by atoms with Gasteiger partial charge in [-0.25, -0.2) is 8.42 Å². The molecule has 0 radical (unpaired) electrons. The largest absolute Gasteiger partial charge is 0.444 e. The fourth-order valence-electron chi connectivity index (χ4n) is 2.02. The number of esters is 1. The van der Waals surface area contributed by atoms with Gasteiger partial charge >= 0.3 is 5.97 Å². The first-order valence-electron chi connectivity index (χ1n) is 8.77. The summed E-state index contributed by atoms with van der Waals surface area (Å²) in [7, 11) is -3.72. The van der Waals surface area contributed by atoms with Crippen molar-refractivity contribution in [1.82, 2.24) is 4.31 Å². The Balaban J connectivity index is 2.98. The molecular weight excluding hydrogens is 374 g/mol. The molecule has 1 aromatic carbocycles. The van der Waals surface area contributed by atoms with E-state index >= 15 is 0 Å². The average Bonchev–Trinajstić information content (AvgIpc) is 2.62. The van der Waals surface area contributed by atoms with Crippen molar-refractivity contribution < 1.29 is 17.9 Å². The molecule has 1 aromatic rings. The Morgan fingerprint density at radius 3 is 2.39 bits per heavy atom. The smallest absolute Gasteiger partial charge is 0.312 e. The summed E-state index contributed by atoms with van der Waals surface area (Å²) in [5.74, 6) is 1.94. The van der Waals surface area contributed by atoms with Crippen LogP contribution in [0.3, 0.4) is 0 Å². The highest BCUT2D eigenvalue weighted by atomic mass is 32.2. The Morgan fingerprint density at radius 1 is 1.29 bits per heavy atom. The fourth-order valence-corrected chi connectivity index (χ4v) is 3.35. The van der Waals surface area contributed by atoms with Gasteiger partial charge in [-0.15, -0.1) is 12.2 Å². The van der Waals surface area contributed by atoms with Crippen molar-refractivity contribution in [2.75, 3.05) is 13.1 Å². The van der Waals surface area contributed by atoms with Crippen LogP contribution in [0.4, 0.5) is 0 Å². The molecular formula is C22H27NO4S. The summed E-state index contributed by atoms with van der Waals surface area (Å²) in [4.78, 5) is 12.2. The number of terminal acetylenes is 1. The molecule has 150 valence electrons. The van der Waals surface area contributed by atoms with Crippen molar-refractivity contribution in [3.05, 3.63) is 60.4 Å². The Bertz CT molecular complexity index is 893. The molecule has 1 rings (SSSR count). The number of carbonyl (C=O) groups excluding carboxylic acids is 1. The van der Waals surface area contributed by atoms with Gasteiger partial charge in [0, 0.05) is 13.1 Å². The van der Waals surface area contributed by atoms with Crippen LogP contribution >= 0.6 is 0 Å². The second-order valence-corrected chi connectivity index (χ2v) is 9.15. The molecule has 0 fully saturated rings. The Morgan fingerprint density at radius 2 is 1.89 bits per heavy atom. The molecule has 0 aliphatic carbocycles. The van der Waals surface area contributed by atoms with Gasteiger partial charge in [0.15, 0.2) is 6.10 Å². The van der Waals surface area contributed by atoms with Gasteiger partial charge in [-0.2, -0.15) is 4.31 Å². The lowest BCUT2D eigenvalue weighted by Crippen LogP contribution is -2.32. The maximum atomic E-state index is 12.9. The highest BCUT2D eigenvalue weighted by molar-refractivity contribution is 7.89. The van der Waals surface area contributed by atoms with E-state index in [0.717, 1.165) is 5.56 Å². The van der Waals surface area contributed by atoms with Gasteiger partial charge < -0.3 is 4.74 Å². The van der Waals surface area contributed by atoms with Crippen molar-refractivity contribution in [3.63, 3.8) is 0 Å². The molecule has 0 amide bonds. The average molecular weight is 402 g/mol. The zero-order chi connectivity index (χ0) is 21.4. The maximum Gasteiger partial charge on any atom is 0.312 e. The number of sulfonamides is 1. The third-order valence-corrected chi connectivity index (χ3v) is 5.57. The Labute approximate surface area is 168 Å². The van der Waals surface area contributed by atoms with Gasteiger partial charge in [0.25, 0.3) is 0 Å². The molecule has 0 aliphatic heterocycles. The molecule has 1 unspecified atom stereocenters. The zero-order valence-corrected chi connectivity index (χ0v) is 17.6. The number of benzene rings is 1. The van der Waals surface area contributed by atoms with Crippen LogP contribution in [0.25, 0.3) is 0 Å². The highest BCUT2D eigenvalue weighted by Gasteiger charge is 2.25. The maximum absolute atomic E-state index is 12.9. The number of hydrogen-bond acceptors (Lipinski definition) is 4. The minimum atomic E-state index is -3.72. The van der Waals surface area contributed by atoms with Crippen LogP contribution in [0.2, 0.25) is 0 Å². The van der Waals surface area contributed by atoms with Crippen molar-refractivity contribution in [2.45, 2.75) is 38.7 Å². The number of nitrogens with zero attached hydrogens (tertiary/aromatic N) is 1. The molecule has 1 atom stereocenters. The molecule has 0 saturated carbocycles. The summed E-state index contributed by atoms with van der Waals surface area (Å²) < 4.78 is 32.3. The molecule has 0 heterocycles. The monoisotopic (exact) mass is 401 g/mol. The summed E-state index contributed by atoms with van der Waals surface area (Å²) >= 11 is 0. The second-order valence-electron chi connectivity index (χ2n) is 7.21. The van der Waals surface area contributed by atoms with Crippen LogP contribution in [-0.4, -0.2) is 37.9 Å². The molecule has 0 N–H and O–H groups in total. The van der Waals surface area contributed by atoms with E-state index in [0.29, 0.717) is 0 Å². The standard InChI is InChI=1S/C22H27NO4S/c1-7-9-16-23(28(25,26)20-14-12-18(3)13-15-20)17-10-11-19(8-2)27-21(24)22(4,5)6/h2,9-15,19H,1,16-17H2,3-6H3/b11-10+. The van der Waals surface area contributed by atoms with E-state index in [-0.39, 0.29) is 18.0 Å². The normalized spacial score (nSPS) is 13.0. The van der Waals surface area contributed by atoms with E-state index in [4.69, 9.17) is 11.2 Å². The third kappa shape index (κ3) is 6.86. The lowest BCUT2D eigenvalue weighted by atomic mass is 9.97. The van der Waals surface area contributed by atoms with Crippen molar-refractivity contribution >= 4 is 16.0 Å². The van der Waals surface area contributed by atoms with E-state index < -0.39 is 27.5 Å². The minimum Gasteiger partial charge on any atom is -0.444 e. The van der Waals surface area contributed by atoms with Crippen LogP contribution in [-0.2, 0) is 19.6 Å². The number of rotatable bonds is 8. The van der Waals surface area contributed by atoms with E-state index in [9.17, 15) is 13.2 Å². The number of aryl methyl sites for hydroxylation is 1. The second kappa shape index (κ2) is 10.1. The van der Waals surface area contributed by atoms with Crippen LogP contribution in [0, 0.1) is 24.7 Å². The van der Waals surface area contributed by atoms with Crippen LogP contribution in [0.15, 0.2) is 59.7 Å². The predicted molar refractivity (Wildman–Crippen MR) is 111 cm³/mol. The minimum absolute atomic E-state index is 0.0552. The molecule has 0 aliphatic rings. The first-order valence-corrected chi connectivity index (χ1v) is 10.2. The molecule has 0 spiro atoms. The summed E-state index contributed by atoms with van der Waals surface area (Å²) in [6.45, 7) is 10.7. The molecule has 0 bridgehead atoms. The fraction of sp³-hybridized carbons (Fsp3) is 0.364. The number of ether oxygens (including phenoxy) is 1. The zero-order valence-electron chi connectivity index (χ0n) is 16.8. The molecule has 0 aromatic heterocycles. The lowest BCUT2D eigenvalue weighted by molar-refractivity contribution is -0.154. The molecule has 5 nitrogen and oxygen atoms in total. The van der Waals surface area contributed by atoms with Crippen LogP contribution < -0.4 is 0 Å². The molecule has 28 heavy (non-hydrogen) atoms. The number of hydrogen-bond donors (Lipinski definition) is 0. The molecule has 6 heteroatoms. The first kappa shape index (κ1) is 23.5. The van der Waals surface area contributed by atoms with Gasteiger partial charge in [-0.05, 0) is 52.0 Å². The van der Waals surface area contributed by atoms with E-state index in [1.165, 1.54) is 16.5 Å². The van der Waals surface area contributed by atoms with Gasteiger partial charge in [-0.3, -0.25) is 4.79 Å². The Kier molecular flexibility index (Phi) is 8.46. The van der Waals surface area contributed by atoms with Crippen molar-refractivity contribution in [2.24, 2.45) is 5.41 Å². The van der Waals surface area contributed by atoms with Gasteiger partial charge in [0.2, 0.25) is 10.0 Å². The predicted octanol–water partition coefficient (Wildman–Crippen LogP) is 3.47. The SMILES string of the molecule is C#CC(/C=C/CN(CC=C=C)S(=O)(=O)c1ccc(C)cc1)OC(=O)C(C)(C)C. The first-order chi connectivity index (χ1) is 13.0. The Hall–Kier alpha value is -2.58. The molecule has 0 saturated heterocycles. The van der Waals surface area contributed by atoms with Crippen LogP contribution in [0.1, 0.15) is 26.3 Å². The topological polar surface area (TPSA) is 63.7 Å². The quantitative estimate of drug-likeness (QED) is 0.290. The van der Waals surface area contributed by atoms with Gasteiger partial charge in [-0.1, -0.05) is 36.3 Å². The summed E-state index contributed by atoms with van der Waals surface area (Å²) in [6.07, 6.45) is 9.15. The van der Waals surface area contributed by atoms with E-state index in [1.54, 1.807) is 51.1 Å². The van der Waals surface area contributed by atoms with E-state index in [2.05, 4.69) is 18.2 Å². The number of carbonyl (C=O) groups is 1.